The van der Waals surface area contributed by atoms with E-state index in [9.17, 15) is 15.0 Å². The molecule has 21 heavy (non-hydrogen) atoms. The zero-order chi connectivity index (χ0) is 16.0. The second-order valence-electron chi connectivity index (χ2n) is 6.08. The van der Waals surface area contributed by atoms with Crippen LogP contribution >= 0.6 is 0 Å². The van der Waals surface area contributed by atoms with Crippen LogP contribution in [0.1, 0.15) is 33.3 Å². The molecule has 0 bridgehead atoms. The number of nitrogens with zero attached hydrogens (tertiary/aromatic N) is 1. The summed E-state index contributed by atoms with van der Waals surface area (Å²) in [5, 5.41) is 19.0. The Morgan fingerprint density at radius 2 is 1.86 bits per heavy atom. The summed E-state index contributed by atoms with van der Waals surface area (Å²) in [6.45, 7) is 7.29. The Morgan fingerprint density at radius 1 is 1.29 bits per heavy atom. The molecule has 0 saturated carbocycles. The highest BCUT2D eigenvalue weighted by Gasteiger charge is 2.36. The molecule has 0 saturated heterocycles. The number of aliphatic hydroxyl groups excluding tert-OH is 1. The Morgan fingerprint density at radius 3 is 2.29 bits per heavy atom. The molecule has 5 heteroatoms. The van der Waals surface area contributed by atoms with E-state index in [1.807, 2.05) is 30.3 Å². The molecule has 0 heterocycles. The molecule has 5 nitrogen and oxygen atoms in total. The molecule has 0 unspecified atom stereocenters. The molecule has 1 aromatic carbocycles. The number of benzene rings is 1. The van der Waals surface area contributed by atoms with E-state index in [1.165, 1.54) is 4.90 Å². The van der Waals surface area contributed by atoms with Gasteiger partial charge in [-0.2, -0.15) is 0 Å². The lowest BCUT2D eigenvalue weighted by Gasteiger charge is -2.41. The van der Waals surface area contributed by atoms with Gasteiger partial charge in [-0.15, -0.1) is 0 Å². The van der Waals surface area contributed by atoms with Gasteiger partial charge in [-0.1, -0.05) is 30.3 Å². The number of ether oxygens (including phenoxy) is 1. The normalized spacial score (nSPS) is 14.5. The summed E-state index contributed by atoms with van der Waals surface area (Å²) in [4.78, 5) is 12.7. The van der Waals surface area contributed by atoms with Crippen molar-refractivity contribution < 1.29 is 19.7 Å². The minimum atomic E-state index is -1.06. The Kier molecular flexibility index (Phi) is 6.18. The molecular formula is C16H25NO4. The smallest absolute Gasteiger partial charge is 0.408 e. The van der Waals surface area contributed by atoms with Gasteiger partial charge in [0, 0.05) is 5.54 Å². The first-order valence-corrected chi connectivity index (χ1v) is 7.06. The monoisotopic (exact) mass is 295 g/mol. The third-order valence-electron chi connectivity index (χ3n) is 3.35. The van der Waals surface area contributed by atoms with Crippen molar-refractivity contribution in [3.8, 4) is 0 Å². The minimum absolute atomic E-state index is 0.278. The van der Waals surface area contributed by atoms with Crippen molar-refractivity contribution >= 4 is 6.09 Å². The van der Waals surface area contributed by atoms with Crippen LogP contribution in [0, 0.1) is 0 Å². The number of aliphatic hydroxyl groups is 1. The third-order valence-corrected chi connectivity index (χ3v) is 3.35. The van der Waals surface area contributed by atoms with Crippen molar-refractivity contribution in [2.45, 2.75) is 52.0 Å². The Bertz CT molecular complexity index is 441. The summed E-state index contributed by atoms with van der Waals surface area (Å²) in [5.41, 5.74) is 0.405. The highest BCUT2D eigenvalue weighted by molar-refractivity contribution is 5.66. The maximum absolute atomic E-state index is 11.5. The molecule has 0 aliphatic heterocycles. The van der Waals surface area contributed by atoms with Gasteiger partial charge in [0.25, 0.3) is 0 Å². The van der Waals surface area contributed by atoms with E-state index < -0.39 is 23.8 Å². The van der Waals surface area contributed by atoms with Crippen LogP contribution in [0.4, 0.5) is 4.79 Å². The zero-order valence-electron chi connectivity index (χ0n) is 13.1. The SMILES string of the molecule is C[C@@H](OCc1ccccc1)[C@@H](CO)N(C(=O)O)C(C)(C)C. The number of carbonyl (C=O) groups is 1. The van der Waals surface area contributed by atoms with E-state index in [0.717, 1.165) is 5.56 Å². The maximum atomic E-state index is 11.5. The van der Waals surface area contributed by atoms with Gasteiger partial charge in [0.05, 0.1) is 25.4 Å². The largest absolute Gasteiger partial charge is 0.465 e. The van der Waals surface area contributed by atoms with Gasteiger partial charge in [0.2, 0.25) is 0 Å². The van der Waals surface area contributed by atoms with Crippen LogP contribution in [0.25, 0.3) is 0 Å². The van der Waals surface area contributed by atoms with Gasteiger partial charge >= 0.3 is 6.09 Å². The van der Waals surface area contributed by atoms with E-state index in [0.29, 0.717) is 6.61 Å². The van der Waals surface area contributed by atoms with E-state index in [2.05, 4.69) is 0 Å². The lowest BCUT2D eigenvalue weighted by atomic mass is 10.0. The predicted molar refractivity (Wildman–Crippen MR) is 81.2 cm³/mol. The fraction of sp³-hybridized carbons (Fsp3) is 0.562. The zero-order valence-corrected chi connectivity index (χ0v) is 13.1. The number of carboxylic acid groups (broad SMARTS) is 1. The summed E-state index contributed by atoms with van der Waals surface area (Å²) in [7, 11) is 0. The minimum Gasteiger partial charge on any atom is -0.465 e. The van der Waals surface area contributed by atoms with E-state index >= 15 is 0 Å². The van der Waals surface area contributed by atoms with Crippen molar-refractivity contribution in [2.24, 2.45) is 0 Å². The molecular weight excluding hydrogens is 270 g/mol. The summed E-state index contributed by atoms with van der Waals surface area (Å²) < 4.78 is 5.74. The van der Waals surface area contributed by atoms with Crippen LogP contribution in [-0.2, 0) is 11.3 Å². The van der Waals surface area contributed by atoms with Crippen LogP contribution < -0.4 is 0 Å². The predicted octanol–water partition coefficient (Wildman–Crippen LogP) is 2.73. The lowest BCUT2D eigenvalue weighted by Crippen LogP contribution is -2.56. The molecule has 0 fully saturated rings. The molecule has 1 amide bonds. The van der Waals surface area contributed by atoms with Crippen molar-refractivity contribution in [3.63, 3.8) is 0 Å². The third kappa shape index (κ3) is 5.02. The Hall–Kier alpha value is -1.59. The number of amides is 1. The van der Waals surface area contributed by atoms with Crippen LogP contribution in [0.15, 0.2) is 30.3 Å². The summed E-state index contributed by atoms with van der Waals surface area (Å²) in [6, 6.07) is 9.05. The molecule has 2 N–H and O–H groups in total. The highest BCUT2D eigenvalue weighted by atomic mass is 16.5. The van der Waals surface area contributed by atoms with Gasteiger partial charge in [-0.05, 0) is 33.3 Å². The number of hydrogen-bond acceptors (Lipinski definition) is 3. The molecule has 1 rings (SSSR count). The maximum Gasteiger partial charge on any atom is 0.408 e. The quantitative estimate of drug-likeness (QED) is 0.846. The summed E-state index contributed by atoms with van der Waals surface area (Å²) >= 11 is 0. The molecule has 0 aliphatic rings. The van der Waals surface area contributed by atoms with Crippen molar-refractivity contribution in [1.29, 1.82) is 0 Å². The van der Waals surface area contributed by atoms with Crippen LogP contribution in [0.5, 0.6) is 0 Å². The van der Waals surface area contributed by atoms with Crippen LogP contribution in [0.2, 0.25) is 0 Å². The van der Waals surface area contributed by atoms with Crippen molar-refractivity contribution in [2.75, 3.05) is 6.61 Å². The molecule has 118 valence electrons. The summed E-state index contributed by atoms with van der Waals surface area (Å²) in [5.74, 6) is 0. The fourth-order valence-electron chi connectivity index (χ4n) is 2.28. The van der Waals surface area contributed by atoms with Gasteiger partial charge in [-0.25, -0.2) is 4.79 Å². The first-order chi connectivity index (χ1) is 9.77. The second-order valence-corrected chi connectivity index (χ2v) is 6.08. The molecule has 2 atom stereocenters. The molecule has 0 aromatic heterocycles. The highest BCUT2D eigenvalue weighted by Crippen LogP contribution is 2.21. The number of rotatable bonds is 6. The van der Waals surface area contributed by atoms with E-state index in [4.69, 9.17) is 4.74 Å². The van der Waals surface area contributed by atoms with Gasteiger partial charge in [0.15, 0.2) is 0 Å². The molecule has 0 spiro atoms. The summed E-state index contributed by atoms with van der Waals surface area (Å²) in [6.07, 6.45) is -1.47. The van der Waals surface area contributed by atoms with Gasteiger partial charge in [0.1, 0.15) is 0 Å². The lowest BCUT2D eigenvalue weighted by molar-refractivity contribution is -0.0494. The van der Waals surface area contributed by atoms with Gasteiger partial charge < -0.3 is 14.9 Å². The average molecular weight is 295 g/mol. The van der Waals surface area contributed by atoms with E-state index in [1.54, 1.807) is 27.7 Å². The number of hydrogen-bond donors (Lipinski definition) is 2. The van der Waals surface area contributed by atoms with Crippen LogP contribution in [-0.4, -0.2) is 45.5 Å². The molecule has 1 aromatic rings. The molecule has 0 aliphatic carbocycles. The Balaban J connectivity index is 2.76. The average Bonchev–Trinajstić information content (AvgIpc) is 2.41. The van der Waals surface area contributed by atoms with Crippen molar-refractivity contribution in [3.05, 3.63) is 35.9 Å². The standard InChI is InChI=1S/C16H25NO4/c1-12(21-11-13-8-6-5-7-9-13)14(10-18)17(15(19)20)16(2,3)4/h5-9,12,14,18H,10-11H2,1-4H3,(H,19,20)/t12-,14-/m1/s1. The van der Waals surface area contributed by atoms with Crippen molar-refractivity contribution in [1.82, 2.24) is 4.90 Å². The second kappa shape index (κ2) is 7.43. The van der Waals surface area contributed by atoms with Crippen LogP contribution in [0.3, 0.4) is 0 Å². The topological polar surface area (TPSA) is 70.0 Å². The first kappa shape index (κ1) is 17.5. The first-order valence-electron chi connectivity index (χ1n) is 7.06. The fourth-order valence-corrected chi connectivity index (χ4v) is 2.28. The Labute approximate surface area is 126 Å². The molecule has 0 radical (unpaired) electrons. The van der Waals surface area contributed by atoms with Gasteiger partial charge in [-0.3, -0.25) is 4.90 Å². The van der Waals surface area contributed by atoms with E-state index in [-0.39, 0.29) is 6.61 Å².